The predicted molar refractivity (Wildman–Crippen MR) is 242 cm³/mol. The lowest BCUT2D eigenvalue weighted by Crippen LogP contribution is -2.31. The molecule has 13 rings (SSSR count). The molecule has 0 aliphatic carbocycles. The summed E-state index contributed by atoms with van der Waals surface area (Å²) in [7, 11) is 0. The lowest BCUT2D eigenvalue weighted by Gasteiger charge is -2.35. The van der Waals surface area contributed by atoms with Gasteiger partial charge in [-0.1, -0.05) is 103 Å². The highest BCUT2D eigenvalue weighted by atomic mass is 32.2. The van der Waals surface area contributed by atoms with Crippen LogP contribution in [0.1, 0.15) is 19.4 Å². The third kappa shape index (κ3) is 4.24. The van der Waals surface area contributed by atoms with Crippen LogP contribution in [0.25, 0.3) is 93.5 Å². The van der Waals surface area contributed by atoms with E-state index in [1.165, 1.54) is 81.4 Å². The van der Waals surface area contributed by atoms with Crippen molar-refractivity contribution in [3.05, 3.63) is 181 Å². The number of imidazole rings is 1. The van der Waals surface area contributed by atoms with Crippen LogP contribution >= 0.6 is 11.8 Å². The fourth-order valence-electron chi connectivity index (χ4n) is 10.0. The first kappa shape index (κ1) is 32.1. The van der Waals surface area contributed by atoms with E-state index in [-0.39, 0.29) is 5.54 Å². The molecule has 5 heterocycles. The number of rotatable bonds is 3. The Morgan fingerprint density at radius 1 is 0.397 bits per heavy atom. The molecule has 0 saturated heterocycles. The zero-order chi connectivity index (χ0) is 38.3. The van der Waals surface area contributed by atoms with Crippen LogP contribution < -0.4 is 0 Å². The molecule has 5 nitrogen and oxygen atoms in total. The molecule has 12 aromatic rings. The summed E-state index contributed by atoms with van der Waals surface area (Å²) < 4.78 is 9.71. The molecule has 0 amide bonds. The van der Waals surface area contributed by atoms with E-state index in [0.717, 1.165) is 27.7 Å². The first-order valence-corrected chi connectivity index (χ1v) is 20.7. The van der Waals surface area contributed by atoms with E-state index in [9.17, 15) is 0 Å². The highest BCUT2D eigenvalue weighted by Crippen LogP contribution is 2.48. The predicted octanol–water partition coefficient (Wildman–Crippen LogP) is 13.6. The molecule has 0 unspecified atom stereocenters. The summed E-state index contributed by atoms with van der Waals surface area (Å²) in [5.41, 5.74) is 13.8. The number of hydrogen-bond donors (Lipinski definition) is 0. The van der Waals surface area contributed by atoms with E-state index in [0.29, 0.717) is 0 Å². The van der Waals surface area contributed by atoms with Crippen LogP contribution in [0.2, 0.25) is 0 Å². The molecule has 0 atom stereocenters. The van der Waals surface area contributed by atoms with Crippen LogP contribution in [0.4, 0.5) is 0 Å². The highest BCUT2D eigenvalue weighted by Gasteiger charge is 2.35. The second-order valence-corrected chi connectivity index (χ2v) is 17.0. The van der Waals surface area contributed by atoms with Gasteiger partial charge in [-0.25, -0.2) is 4.98 Å². The molecule has 0 saturated carbocycles. The summed E-state index contributed by atoms with van der Waals surface area (Å²) in [6.07, 6.45) is 0. The fourth-order valence-corrected chi connectivity index (χ4v) is 11.4. The summed E-state index contributed by atoms with van der Waals surface area (Å²) >= 11 is 1.77. The number of benzene rings is 8. The average Bonchev–Trinajstić information content (AvgIpc) is 4.00. The van der Waals surface area contributed by atoms with Gasteiger partial charge in [0.1, 0.15) is 0 Å². The molecule has 4 aromatic heterocycles. The maximum atomic E-state index is 5.11. The zero-order valence-electron chi connectivity index (χ0n) is 31.9. The Morgan fingerprint density at radius 2 is 0.793 bits per heavy atom. The molecule has 8 aromatic carbocycles. The van der Waals surface area contributed by atoms with Crippen molar-refractivity contribution in [2.45, 2.75) is 29.4 Å². The maximum absolute atomic E-state index is 5.11. The normalized spacial score (nSPS) is 13.8. The third-order valence-electron chi connectivity index (χ3n) is 12.6. The van der Waals surface area contributed by atoms with Crippen LogP contribution in [-0.4, -0.2) is 23.3 Å². The Bertz CT molecular complexity index is 3430. The molecular weight excluding hydrogens is 727 g/mol. The summed E-state index contributed by atoms with van der Waals surface area (Å²) in [4.78, 5) is 6.35. The lowest BCUT2D eigenvalue weighted by atomic mass is 9.93. The molecule has 0 bridgehead atoms. The van der Waals surface area contributed by atoms with E-state index in [4.69, 9.17) is 4.98 Å². The smallest absolute Gasteiger partial charge is 0.174 e. The van der Waals surface area contributed by atoms with Gasteiger partial charge in [-0.05, 0) is 104 Å². The van der Waals surface area contributed by atoms with Gasteiger partial charge in [-0.3, -0.25) is 0 Å². The number of para-hydroxylation sites is 6. The van der Waals surface area contributed by atoms with Crippen molar-refractivity contribution in [3.63, 3.8) is 0 Å². The molecule has 1 aliphatic heterocycles. The van der Waals surface area contributed by atoms with Gasteiger partial charge in [-0.15, -0.1) is 0 Å². The zero-order valence-corrected chi connectivity index (χ0v) is 32.7. The first-order chi connectivity index (χ1) is 28.5. The average molecular weight is 762 g/mol. The molecule has 58 heavy (non-hydrogen) atoms. The van der Waals surface area contributed by atoms with E-state index in [2.05, 4.69) is 208 Å². The van der Waals surface area contributed by atoms with Crippen molar-refractivity contribution in [1.82, 2.24) is 23.3 Å². The number of fused-ring (bicyclic) bond motifs is 13. The van der Waals surface area contributed by atoms with Gasteiger partial charge in [0.2, 0.25) is 0 Å². The molecular formula is C52H35N5S. The van der Waals surface area contributed by atoms with Crippen LogP contribution in [0.15, 0.2) is 186 Å². The van der Waals surface area contributed by atoms with Gasteiger partial charge < -0.3 is 18.3 Å². The molecule has 1 aliphatic rings. The molecule has 0 fully saturated rings. The van der Waals surface area contributed by atoms with Crippen molar-refractivity contribution in [2.24, 2.45) is 0 Å². The first-order valence-electron chi connectivity index (χ1n) is 19.9. The summed E-state index contributed by atoms with van der Waals surface area (Å²) in [5.74, 6) is 0. The van der Waals surface area contributed by atoms with Crippen LogP contribution in [0.3, 0.4) is 0 Å². The minimum absolute atomic E-state index is 0.264. The number of aromatic nitrogens is 5. The molecule has 0 spiro atoms. The van der Waals surface area contributed by atoms with Gasteiger partial charge >= 0.3 is 0 Å². The Hall–Kier alpha value is -7.02. The van der Waals surface area contributed by atoms with Crippen molar-refractivity contribution in [2.75, 3.05) is 0 Å². The Balaban J connectivity index is 1.08. The minimum Gasteiger partial charge on any atom is -0.309 e. The molecule has 0 N–H and O–H groups in total. The van der Waals surface area contributed by atoms with Gasteiger partial charge in [-0.2, -0.15) is 0 Å². The molecule has 274 valence electrons. The topological polar surface area (TPSA) is 32.6 Å². The SMILES string of the molecule is CC1(C)c2ccc(-n3c4ccc(-n5c6ccccc6c6ccccc65)cc4c4cc(-n5c6ccccc6c6ccccc65)ccc43)cc2Sc2nc3ccccc3n21. The maximum Gasteiger partial charge on any atom is 0.174 e. The van der Waals surface area contributed by atoms with Crippen molar-refractivity contribution < 1.29 is 0 Å². The monoisotopic (exact) mass is 761 g/mol. The van der Waals surface area contributed by atoms with Gasteiger partial charge in [0.25, 0.3) is 0 Å². The quantitative estimate of drug-likeness (QED) is 0.180. The fraction of sp³-hybridized carbons (Fsp3) is 0.0577. The van der Waals surface area contributed by atoms with Crippen molar-refractivity contribution in [3.8, 4) is 17.1 Å². The lowest BCUT2D eigenvalue weighted by molar-refractivity contribution is 0.402. The Labute approximate surface area is 338 Å². The van der Waals surface area contributed by atoms with Crippen LogP contribution in [-0.2, 0) is 5.54 Å². The minimum atomic E-state index is -0.264. The standard InChI is InChI=1S/C52H35N5S/c1-52(2)41-26-23-34(31-50(41)58-51-53-42-17-7-12-22-49(42)57(51)52)56-47-27-24-32(54-43-18-8-3-13-35(43)36-14-4-9-19-44(36)54)29-39(47)40-30-33(25-28-48(40)56)55-45-20-10-5-15-37(45)38-16-6-11-21-46(38)55/h3-31H,1-2H3. The van der Waals surface area contributed by atoms with Crippen LogP contribution in [0, 0.1) is 0 Å². The summed E-state index contributed by atoms with van der Waals surface area (Å²) in [5, 5.41) is 8.50. The second-order valence-electron chi connectivity index (χ2n) is 16.0. The Kier molecular flexibility index (Phi) is 6.38. The number of nitrogens with zero attached hydrogens (tertiary/aromatic N) is 5. The van der Waals surface area contributed by atoms with Gasteiger partial charge in [0.05, 0.1) is 49.7 Å². The largest absolute Gasteiger partial charge is 0.309 e. The second kappa shape index (κ2) is 11.5. The van der Waals surface area contributed by atoms with E-state index in [1.807, 2.05) is 0 Å². The highest BCUT2D eigenvalue weighted by molar-refractivity contribution is 7.99. The van der Waals surface area contributed by atoms with Crippen LogP contribution in [0.5, 0.6) is 0 Å². The van der Waals surface area contributed by atoms with Crippen molar-refractivity contribution in [1.29, 1.82) is 0 Å². The third-order valence-corrected chi connectivity index (χ3v) is 13.6. The van der Waals surface area contributed by atoms with Gasteiger partial charge in [0, 0.05) is 54.3 Å². The van der Waals surface area contributed by atoms with E-state index < -0.39 is 0 Å². The molecule has 6 heteroatoms. The number of hydrogen-bond acceptors (Lipinski definition) is 2. The van der Waals surface area contributed by atoms with E-state index in [1.54, 1.807) is 11.8 Å². The summed E-state index contributed by atoms with van der Waals surface area (Å²) in [6, 6.07) is 64.6. The summed E-state index contributed by atoms with van der Waals surface area (Å²) in [6.45, 7) is 4.63. The molecule has 0 radical (unpaired) electrons. The van der Waals surface area contributed by atoms with E-state index >= 15 is 0 Å². The Morgan fingerprint density at radius 3 is 1.29 bits per heavy atom. The van der Waals surface area contributed by atoms with Gasteiger partial charge in [0.15, 0.2) is 5.16 Å². The van der Waals surface area contributed by atoms with Crippen molar-refractivity contribution >= 4 is 88.2 Å².